The van der Waals surface area contributed by atoms with Crippen molar-refractivity contribution in [3.8, 4) is 16.9 Å². The van der Waals surface area contributed by atoms with Crippen molar-refractivity contribution in [2.45, 2.75) is 0 Å². The Morgan fingerprint density at radius 1 is 0.952 bits per heavy atom. The first kappa shape index (κ1) is 12.9. The topological polar surface area (TPSA) is 74.1 Å². The number of hydrogen-bond acceptors (Lipinski definition) is 3. The average molecular weight is 279 g/mol. The third kappa shape index (κ3) is 2.36. The predicted octanol–water partition coefficient (Wildman–Crippen LogP) is 3.63. The second-order valence-electron chi connectivity index (χ2n) is 4.63. The lowest BCUT2D eigenvalue weighted by Gasteiger charge is -2.10. The van der Waals surface area contributed by atoms with Crippen LogP contribution in [0.1, 0.15) is 0 Å². The first-order valence-electron chi connectivity index (χ1n) is 6.44. The second kappa shape index (κ2) is 5.13. The van der Waals surface area contributed by atoms with E-state index < -0.39 is 0 Å². The van der Waals surface area contributed by atoms with Gasteiger partial charge >= 0.3 is 0 Å². The number of anilines is 1. The average Bonchev–Trinajstić information content (AvgIpc) is 2.97. The molecule has 5 heteroatoms. The standard InChI is InChI=1S/C16H13N3O2/c17-12-7-9-13(10-8-12)18-11-3-6-15(18)14-4-1-2-5-16(14)19(20)21/h1-11H,17H2. The summed E-state index contributed by atoms with van der Waals surface area (Å²) in [6.45, 7) is 0. The minimum atomic E-state index is -0.365. The highest BCUT2D eigenvalue weighted by Crippen LogP contribution is 2.31. The quantitative estimate of drug-likeness (QED) is 0.452. The third-order valence-electron chi connectivity index (χ3n) is 3.30. The van der Waals surface area contributed by atoms with Crippen LogP contribution in [-0.4, -0.2) is 9.49 Å². The SMILES string of the molecule is Nc1ccc(-n2cccc2-c2ccccc2[N+](=O)[O-])cc1. The van der Waals surface area contributed by atoms with E-state index in [4.69, 9.17) is 5.73 Å². The van der Waals surface area contributed by atoms with E-state index in [2.05, 4.69) is 0 Å². The summed E-state index contributed by atoms with van der Waals surface area (Å²) in [5.74, 6) is 0. The minimum absolute atomic E-state index is 0.0906. The molecule has 0 spiro atoms. The van der Waals surface area contributed by atoms with Crippen molar-refractivity contribution in [2.24, 2.45) is 0 Å². The van der Waals surface area contributed by atoms with Crippen molar-refractivity contribution in [1.82, 2.24) is 4.57 Å². The molecule has 0 aliphatic carbocycles. The summed E-state index contributed by atoms with van der Waals surface area (Å²) in [5, 5.41) is 11.2. The first-order valence-corrected chi connectivity index (χ1v) is 6.44. The lowest BCUT2D eigenvalue weighted by Crippen LogP contribution is -1.98. The molecule has 21 heavy (non-hydrogen) atoms. The van der Waals surface area contributed by atoms with Gasteiger partial charge in [-0.2, -0.15) is 0 Å². The number of para-hydroxylation sites is 1. The molecule has 0 unspecified atom stereocenters. The Hall–Kier alpha value is -3.08. The zero-order valence-corrected chi connectivity index (χ0v) is 11.1. The minimum Gasteiger partial charge on any atom is -0.399 e. The third-order valence-corrected chi connectivity index (χ3v) is 3.30. The molecule has 1 aromatic heterocycles. The van der Waals surface area contributed by atoms with Gasteiger partial charge in [0.1, 0.15) is 0 Å². The van der Waals surface area contributed by atoms with Crippen LogP contribution in [-0.2, 0) is 0 Å². The molecule has 104 valence electrons. The Balaban J connectivity index is 2.16. The van der Waals surface area contributed by atoms with E-state index in [0.717, 1.165) is 11.4 Å². The fourth-order valence-corrected chi connectivity index (χ4v) is 2.31. The summed E-state index contributed by atoms with van der Waals surface area (Å²) in [4.78, 5) is 10.8. The van der Waals surface area contributed by atoms with E-state index in [0.29, 0.717) is 11.3 Å². The van der Waals surface area contributed by atoms with Crippen molar-refractivity contribution < 1.29 is 4.92 Å². The van der Waals surface area contributed by atoms with Crippen LogP contribution in [0.3, 0.4) is 0 Å². The summed E-state index contributed by atoms with van der Waals surface area (Å²) >= 11 is 0. The number of hydrogen-bond donors (Lipinski definition) is 1. The van der Waals surface area contributed by atoms with Crippen LogP contribution in [0.15, 0.2) is 66.9 Å². The smallest absolute Gasteiger partial charge is 0.278 e. The molecule has 0 bridgehead atoms. The lowest BCUT2D eigenvalue weighted by atomic mass is 10.1. The van der Waals surface area contributed by atoms with Crippen molar-refractivity contribution in [1.29, 1.82) is 0 Å². The zero-order valence-electron chi connectivity index (χ0n) is 11.1. The number of nitrogens with two attached hydrogens (primary N) is 1. The summed E-state index contributed by atoms with van der Waals surface area (Å²) in [6.07, 6.45) is 1.87. The van der Waals surface area contributed by atoms with E-state index in [-0.39, 0.29) is 10.6 Å². The molecular weight excluding hydrogens is 266 g/mol. The van der Waals surface area contributed by atoms with Crippen LogP contribution in [0.25, 0.3) is 16.9 Å². The molecule has 3 aromatic rings. The maximum Gasteiger partial charge on any atom is 0.278 e. The van der Waals surface area contributed by atoms with Gasteiger partial charge in [-0.15, -0.1) is 0 Å². The van der Waals surface area contributed by atoms with Gasteiger partial charge in [-0.25, -0.2) is 0 Å². The summed E-state index contributed by atoms with van der Waals surface area (Å²) < 4.78 is 1.90. The van der Waals surface area contributed by atoms with Gasteiger partial charge in [0.25, 0.3) is 5.69 Å². The van der Waals surface area contributed by atoms with Gasteiger partial charge in [-0.3, -0.25) is 10.1 Å². The van der Waals surface area contributed by atoms with Gasteiger partial charge in [0.2, 0.25) is 0 Å². The van der Waals surface area contributed by atoms with E-state index in [1.807, 2.05) is 35.0 Å². The summed E-state index contributed by atoms with van der Waals surface area (Å²) in [7, 11) is 0. The summed E-state index contributed by atoms with van der Waals surface area (Å²) in [5.41, 5.74) is 8.73. The number of nitro benzene ring substituents is 1. The van der Waals surface area contributed by atoms with E-state index >= 15 is 0 Å². The second-order valence-corrected chi connectivity index (χ2v) is 4.63. The van der Waals surface area contributed by atoms with Gasteiger partial charge in [0, 0.05) is 23.6 Å². The normalized spacial score (nSPS) is 10.5. The molecule has 0 fully saturated rings. The molecule has 0 amide bonds. The van der Waals surface area contributed by atoms with Gasteiger partial charge in [-0.05, 0) is 42.5 Å². The monoisotopic (exact) mass is 279 g/mol. The van der Waals surface area contributed by atoms with Crippen LogP contribution in [0.5, 0.6) is 0 Å². The molecule has 0 radical (unpaired) electrons. The molecule has 2 aromatic carbocycles. The van der Waals surface area contributed by atoms with Crippen LogP contribution in [0.2, 0.25) is 0 Å². The Labute approximate surface area is 121 Å². The van der Waals surface area contributed by atoms with Crippen LogP contribution in [0, 0.1) is 10.1 Å². The van der Waals surface area contributed by atoms with Crippen molar-refractivity contribution >= 4 is 11.4 Å². The number of benzene rings is 2. The van der Waals surface area contributed by atoms with E-state index in [1.54, 1.807) is 30.3 Å². The predicted molar refractivity (Wildman–Crippen MR) is 82.3 cm³/mol. The molecule has 2 N–H and O–H groups in total. The fourth-order valence-electron chi connectivity index (χ4n) is 2.31. The summed E-state index contributed by atoms with van der Waals surface area (Å²) in [6, 6.07) is 17.8. The maximum atomic E-state index is 11.2. The Morgan fingerprint density at radius 2 is 1.67 bits per heavy atom. The highest BCUT2D eigenvalue weighted by Gasteiger charge is 2.17. The largest absolute Gasteiger partial charge is 0.399 e. The molecule has 0 saturated heterocycles. The van der Waals surface area contributed by atoms with Gasteiger partial charge in [0.15, 0.2) is 0 Å². The van der Waals surface area contributed by atoms with E-state index in [9.17, 15) is 10.1 Å². The molecule has 1 heterocycles. The van der Waals surface area contributed by atoms with Crippen molar-refractivity contribution in [3.63, 3.8) is 0 Å². The molecule has 0 aliphatic heterocycles. The van der Waals surface area contributed by atoms with Crippen LogP contribution < -0.4 is 5.73 Å². The lowest BCUT2D eigenvalue weighted by molar-refractivity contribution is -0.384. The number of nitrogens with zero attached hydrogens (tertiary/aromatic N) is 2. The first-order chi connectivity index (χ1) is 10.2. The Kier molecular flexibility index (Phi) is 3.16. The van der Waals surface area contributed by atoms with E-state index in [1.165, 1.54) is 6.07 Å². The van der Waals surface area contributed by atoms with Crippen molar-refractivity contribution in [3.05, 3.63) is 77.0 Å². The van der Waals surface area contributed by atoms with Gasteiger partial charge in [-0.1, -0.05) is 12.1 Å². The van der Waals surface area contributed by atoms with Crippen molar-refractivity contribution in [2.75, 3.05) is 5.73 Å². The van der Waals surface area contributed by atoms with Crippen LogP contribution >= 0.6 is 0 Å². The number of rotatable bonds is 3. The highest BCUT2D eigenvalue weighted by atomic mass is 16.6. The molecule has 5 nitrogen and oxygen atoms in total. The van der Waals surface area contributed by atoms with Gasteiger partial charge in [0.05, 0.1) is 16.2 Å². The molecular formula is C16H13N3O2. The number of nitro groups is 1. The Bertz CT molecular complexity index is 791. The highest BCUT2D eigenvalue weighted by molar-refractivity contribution is 5.72. The molecule has 0 aliphatic rings. The zero-order chi connectivity index (χ0) is 14.8. The number of nitrogen functional groups attached to an aromatic ring is 1. The molecule has 0 saturated carbocycles. The fraction of sp³-hybridized carbons (Fsp3) is 0. The number of aromatic nitrogens is 1. The Morgan fingerprint density at radius 3 is 2.38 bits per heavy atom. The molecule has 0 atom stereocenters. The molecule has 3 rings (SSSR count). The van der Waals surface area contributed by atoms with Crippen LogP contribution in [0.4, 0.5) is 11.4 Å². The van der Waals surface area contributed by atoms with Gasteiger partial charge < -0.3 is 10.3 Å². The maximum absolute atomic E-state index is 11.2.